The second kappa shape index (κ2) is 11.9. The van der Waals surface area contributed by atoms with Crippen LogP contribution in [0.2, 0.25) is 5.02 Å². The summed E-state index contributed by atoms with van der Waals surface area (Å²) < 4.78 is 5.74. The molecular weight excluding hydrogens is 424 g/mol. The molecule has 172 valence electrons. The quantitative estimate of drug-likeness (QED) is 0.567. The summed E-state index contributed by atoms with van der Waals surface area (Å²) in [5, 5.41) is 3.74. The normalized spacial score (nSPS) is 15.1. The molecule has 0 radical (unpaired) electrons. The molecule has 1 saturated carbocycles. The minimum Gasteiger partial charge on any atom is -0.484 e. The highest BCUT2D eigenvalue weighted by Crippen LogP contribution is 2.19. The Morgan fingerprint density at radius 2 is 1.81 bits per heavy atom. The third-order valence-electron chi connectivity index (χ3n) is 6.05. The minimum absolute atomic E-state index is 0.125. The Balaban J connectivity index is 1.69. The topological polar surface area (TPSA) is 58.6 Å². The van der Waals surface area contributed by atoms with E-state index in [1.54, 1.807) is 17.9 Å². The molecule has 1 aliphatic carbocycles. The van der Waals surface area contributed by atoms with E-state index in [0.717, 1.165) is 37.7 Å². The molecule has 0 bridgehead atoms. The van der Waals surface area contributed by atoms with Crippen molar-refractivity contribution < 1.29 is 14.3 Å². The predicted octanol–water partition coefficient (Wildman–Crippen LogP) is 5.15. The van der Waals surface area contributed by atoms with Crippen LogP contribution in [0.25, 0.3) is 0 Å². The molecule has 0 saturated heterocycles. The van der Waals surface area contributed by atoms with Crippen LogP contribution >= 0.6 is 11.6 Å². The lowest BCUT2D eigenvalue weighted by Crippen LogP contribution is -2.51. The number of rotatable bonds is 9. The lowest BCUT2D eigenvalue weighted by Gasteiger charge is -2.31. The highest BCUT2D eigenvalue weighted by Gasteiger charge is 2.28. The van der Waals surface area contributed by atoms with Gasteiger partial charge in [-0.15, -0.1) is 0 Å². The number of hydrogen-bond acceptors (Lipinski definition) is 3. The zero-order valence-corrected chi connectivity index (χ0v) is 19.7. The summed E-state index contributed by atoms with van der Waals surface area (Å²) in [5.41, 5.74) is 2.08. The maximum absolute atomic E-state index is 13.2. The van der Waals surface area contributed by atoms with E-state index >= 15 is 0 Å². The predicted molar refractivity (Wildman–Crippen MR) is 128 cm³/mol. The Morgan fingerprint density at radius 1 is 1.09 bits per heavy atom. The maximum atomic E-state index is 13.2. The number of nitrogens with one attached hydrogen (secondary N) is 1. The number of hydrogen-bond donors (Lipinski definition) is 1. The Kier molecular flexibility index (Phi) is 8.98. The Labute approximate surface area is 196 Å². The number of nitrogens with zero attached hydrogens (tertiary/aromatic N) is 1. The van der Waals surface area contributed by atoms with E-state index in [1.807, 2.05) is 42.5 Å². The largest absolute Gasteiger partial charge is 0.484 e. The van der Waals surface area contributed by atoms with Gasteiger partial charge in [0.1, 0.15) is 11.8 Å². The number of carbonyl (C=O) groups excluding carboxylic acids is 2. The number of ether oxygens (including phenoxy) is 1. The van der Waals surface area contributed by atoms with Crippen LogP contribution in [0, 0.1) is 0 Å². The van der Waals surface area contributed by atoms with E-state index < -0.39 is 6.04 Å². The van der Waals surface area contributed by atoms with Crippen molar-refractivity contribution in [3.05, 3.63) is 64.7 Å². The van der Waals surface area contributed by atoms with Crippen molar-refractivity contribution in [3.8, 4) is 5.75 Å². The highest BCUT2D eigenvalue weighted by atomic mass is 35.5. The molecule has 1 N–H and O–H groups in total. The molecular formula is C26H33ClN2O3. The molecule has 1 fully saturated rings. The van der Waals surface area contributed by atoms with E-state index in [-0.39, 0.29) is 31.0 Å². The molecule has 3 rings (SSSR count). The number of amides is 2. The molecule has 1 aliphatic rings. The standard InChI is InChI=1S/C26H33ClN2O3/c1-3-20-12-14-24(15-13-20)32-18-25(30)29(17-21-8-7-9-22(27)16-21)19(2)26(31)28-23-10-5-4-6-11-23/h7-9,12-16,19,23H,3-6,10-11,17-18H2,1-2H3,(H,28,31)/t19-/m0/s1. The van der Waals surface area contributed by atoms with Crippen molar-refractivity contribution in [2.24, 2.45) is 0 Å². The highest BCUT2D eigenvalue weighted by molar-refractivity contribution is 6.30. The molecule has 2 aromatic rings. The van der Waals surface area contributed by atoms with Crippen LogP contribution in [0.3, 0.4) is 0 Å². The van der Waals surface area contributed by atoms with Crippen LogP contribution in [0.5, 0.6) is 5.75 Å². The summed E-state index contributed by atoms with van der Waals surface area (Å²) >= 11 is 6.14. The molecule has 0 unspecified atom stereocenters. The van der Waals surface area contributed by atoms with Gasteiger partial charge in [0.2, 0.25) is 5.91 Å². The molecule has 0 heterocycles. The summed E-state index contributed by atoms with van der Waals surface area (Å²) in [6.45, 7) is 4.02. The average molecular weight is 457 g/mol. The van der Waals surface area contributed by atoms with E-state index in [1.165, 1.54) is 12.0 Å². The van der Waals surface area contributed by atoms with Gasteiger partial charge < -0.3 is 15.0 Å². The van der Waals surface area contributed by atoms with E-state index in [9.17, 15) is 9.59 Å². The zero-order chi connectivity index (χ0) is 22.9. The SMILES string of the molecule is CCc1ccc(OCC(=O)N(Cc2cccc(Cl)c2)[C@@H](C)C(=O)NC2CCCCC2)cc1. The number of halogens is 1. The second-order valence-corrected chi connectivity index (χ2v) is 8.89. The van der Waals surface area contributed by atoms with Crippen molar-refractivity contribution in [1.82, 2.24) is 10.2 Å². The summed E-state index contributed by atoms with van der Waals surface area (Å²) in [7, 11) is 0. The fourth-order valence-corrected chi connectivity index (χ4v) is 4.25. The van der Waals surface area contributed by atoms with Gasteiger partial charge in [-0.2, -0.15) is 0 Å². The van der Waals surface area contributed by atoms with Crippen molar-refractivity contribution in [3.63, 3.8) is 0 Å². The lowest BCUT2D eigenvalue weighted by atomic mass is 9.95. The molecule has 32 heavy (non-hydrogen) atoms. The first kappa shape index (κ1) is 24.1. The monoisotopic (exact) mass is 456 g/mol. The van der Waals surface area contributed by atoms with E-state index in [0.29, 0.717) is 10.8 Å². The molecule has 6 heteroatoms. The van der Waals surface area contributed by atoms with Gasteiger partial charge in [0.05, 0.1) is 0 Å². The molecule has 0 spiro atoms. The Hall–Kier alpha value is -2.53. The fourth-order valence-electron chi connectivity index (χ4n) is 4.03. The maximum Gasteiger partial charge on any atom is 0.261 e. The van der Waals surface area contributed by atoms with E-state index in [4.69, 9.17) is 16.3 Å². The molecule has 2 amide bonds. The molecule has 0 aromatic heterocycles. The average Bonchev–Trinajstić information content (AvgIpc) is 2.81. The van der Waals surface area contributed by atoms with Crippen LogP contribution < -0.4 is 10.1 Å². The fraction of sp³-hybridized carbons (Fsp3) is 0.462. The summed E-state index contributed by atoms with van der Waals surface area (Å²) in [6, 6.07) is 14.6. The van der Waals surface area contributed by atoms with Crippen molar-refractivity contribution in [2.45, 2.75) is 71.0 Å². The van der Waals surface area contributed by atoms with Crippen molar-refractivity contribution in [1.29, 1.82) is 0 Å². The van der Waals surface area contributed by atoms with Crippen molar-refractivity contribution >= 4 is 23.4 Å². The second-order valence-electron chi connectivity index (χ2n) is 8.46. The first-order chi connectivity index (χ1) is 15.5. The third-order valence-corrected chi connectivity index (χ3v) is 6.29. The van der Waals surface area contributed by atoms with Gasteiger partial charge in [-0.25, -0.2) is 0 Å². The van der Waals surface area contributed by atoms with Gasteiger partial charge in [-0.1, -0.05) is 62.1 Å². The smallest absolute Gasteiger partial charge is 0.261 e. The van der Waals surface area contributed by atoms with Gasteiger partial charge in [0.25, 0.3) is 5.91 Å². The van der Waals surface area contributed by atoms with Crippen LogP contribution in [0.4, 0.5) is 0 Å². The first-order valence-electron chi connectivity index (χ1n) is 11.5. The molecule has 1 atom stereocenters. The van der Waals surface area contributed by atoms with Crippen LogP contribution in [-0.4, -0.2) is 35.4 Å². The molecule has 0 aliphatic heterocycles. The number of benzene rings is 2. The summed E-state index contributed by atoms with van der Waals surface area (Å²) in [5.74, 6) is 0.271. The van der Waals surface area contributed by atoms with Crippen LogP contribution in [-0.2, 0) is 22.6 Å². The van der Waals surface area contributed by atoms with Gasteiger partial charge >= 0.3 is 0 Å². The van der Waals surface area contributed by atoms with Gasteiger partial charge in [-0.05, 0) is 61.6 Å². The van der Waals surface area contributed by atoms with Crippen molar-refractivity contribution in [2.75, 3.05) is 6.61 Å². The van der Waals surface area contributed by atoms with Gasteiger partial charge in [-0.3, -0.25) is 9.59 Å². The van der Waals surface area contributed by atoms with Gasteiger partial charge in [0, 0.05) is 17.6 Å². The lowest BCUT2D eigenvalue weighted by molar-refractivity contribution is -0.142. The third kappa shape index (κ3) is 6.99. The Bertz CT molecular complexity index is 894. The summed E-state index contributed by atoms with van der Waals surface area (Å²) in [4.78, 5) is 27.7. The Morgan fingerprint density at radius 3 is 2.47 bits per heavy atom. The van der Waals surface area contributed by atoms with Crippen LogP contribution in [0.1, 0.15) is 57.1 Å². The zero-order valence-electron chi connectivity index (χ0n) is 19.0. The molecule has 5 nitrogen and oxygen atoms in total. The first-order valence-corrected chi connectivity index (χ1v) is 11.9. The summed E-state index contributed by atoms with van der Waals surface area (Å²) in [6.07, 6.45) is 6.43. The van der Waals surface area contributed by atoms with Crippen LogP contribution in [0.15, 0.2) is 48.5 Å². The number of carbonyl (C=O) groups is 2. The number of aryl methyl sites for hydroxylation is 1. The van der Waals surface area contributed by atoms with E-state index in [2.05, 4.69) is 12.2 Å². The van der Waals surface area contributed by atoms with Gasteiger partial charge in [0.15, 0.2) is 6.61 Å². The molecule has 2 aromatic carbocycles. The minimum atomic E-state index is -0.616.